The van der Waals surface area contributed by atoms with Crippen molar-refractivity contribution in [3.8, 4) is 0 Å². The molecule has 0 aliphatic carbocycles. The van der Waals surface area contributed by atoms with Crippen LogP contribution in [0.15, 0.2) is 30.3 Å². The van der Waals surface area contributed by atoms with Gasteiger partial charge in [0.25, 0.3) is 0 Å². The number of hydrogen-bond acceptors (Lipinski definition) is 6. The number of hydrogen-bond donors (Lipinski definition) is 1. The summed E-state index contributed by atoms with van der Waals surface area (Å²) in [4.78, 5) is 18.6. The fraction of sp³-hybridized carbons (Fsp3) is 0.143. The number of benzene rings is 1. The first-order chi connectivity index (χ1) is 7.06. The Morgan fingerprint density at radius 1 is 1.12 bits per heavy atom. The van der Waals surface area contributed by atoms with E-state index >= 15 is 0 Å². The minimum atomic E-state index is -3.51. The van der Waals surface area contributed by atoms with Gasteiger partial charge in [0.1, 0.15) is 16.5 Å². The molecule has 0 amide bonds. The molecular formula is C7H10CdO6P2. The second kappa shape index (κ2) is 11.9. The molecule has 2 unspecified atom stereocenters. The van der Waals surface area contributed by atoms with Gasteiger partial charge < -0.3 is 24.0 Å². The van der Waals surface area contributed by atoms with Gasteiger partial charge in [-0.3, -0.25) is 4.31 Å². The van der Waals surface area contributed by atoms with E-state index in [0.29, 0.717) is 0 Å². The van der Waals surface area contributed by atoms with E-state index in [9.17, 15) is 18.9 Å². The van der Waals surface area contributed by atoms with Crippen LogP contribution in [0.1, 0.15) is 5.56 Å². The van der Waals surface area contributed by atoms with Crippen LogP contribution in [-0.2, 0) is 47.3 Å². The van der Waals surface area contributed by atoms with Crippen molar-refractivity contribution in [2.45, 2.75) is 6.61 Å². The van der Waals surface area contributed by atoms with Crippen LogP contribution in [0.5, 0.6) is 0 Å². The van der Waals surface area contributed by atoms with Crippen molar-refractivity contribution in [3.05, 3.63) is 35.9 Å². The number of aliphatic hydroxyl groups excluding tert-OH is 1. The Labute approximate surface area is 114 Å². The second-order valence-corrected chi connectivity index (χ2v) is 4.06. The van der Waals surface area contributed by atoms with E-state index < -0.39 is 16.5 Å². The predicted molar refractivity (Wildman–Crippen MR) is 51.5 cm³/mol. The molecule has 0 heterocycles. The Kier molecular flexibility index (Phi) is 14.0. The van der Waals surface area contributed by atoms with Crippen molar-refractivity contribution in [1.82, 2.24) is 0 Å². The van der Waals surface area contributed by atoms with Gasteiger partial charge >= 0.3 is 27.3 Å². The van der Waals surface area contributed by atoms with Crippen molar-refractivity contribution in [2.24, 2.45) is 0 Å². The van der Waals surface area contributed by atoms with Gasteiger partial charge in [-0.15, -0.1) is 0 Å². The second-order valence-electron chi connectivity index (χ2n) is 2.25. The quantitative estimate of drug-likeness (QED) is 0.581. The van der Waals surface area contributed by atoms with Gasteiger partial charge in [-0.05, 0) is 5.56 Å². The van der Waals surface area contributed by atoms with Crippen LogP contribution in [0.2, 0.25) is 0 Å². The van der Waals surface area contributed by atoms with Gasteiger partial charge in [-0.2, -0.15) is 0 Å². The molecule has 0 bridgehead atoms. The number of aliphatic hydroxyl groups is 1. The maximum atomic E-state index is 9.29. The summed E-state index contributed by atoms with van der Waals surface area (Å²) >= 11 is 0. The molecule has 16 heavy (non-hydrogen) atoms. The van der Waals surface area contributed by atoms with Gasteiger partial charge in [0.05, 0.1) is 6.61 Å². The molecule has 86 valence electrons. The molecule has 0 aliphatic heterocycles. The molecule has 1 aromatic rings. The zero-order valence-corrected chi connectivity index (χ0v) is 14.3. The van der Waals surface area contributed by atoms with E-state index in [1.807, 2.05) is 30.3 Å². The van der Waals surface area contributed by atoms with Gasteiger partial charge in [-0.25, -0.2) is 0 Å². The van der Waals surface area contributed by atoms with Crippen molar-refractivity contribution in [1.29, 1.82) is 0 Å². The monoisotopic (exact) mass is 366 g/mol. The van der Waals surface area contributed by atoms with Crippen LogP contribution in [0.4, 0.5) is 0 Å². The van der Waals surface area contributed by atoms with E-state index in [0.717, 1.165) is 5.56 Å². The molecule has 2 atom stereocenters. The molecule has 0 spiro atoms. The molecule has 1 N–H and O–H groups in total. The van der Waals surface area contributed by atoms with Crippen molar-refractivity contribution in [2.75, 3.05) is 0 Å². The van der Waals surface area contributed by atoms with Crippen LogP contribution in [0.25, 0.3) is 0 Å². The maximum absolute atomic E-state index is 9.29. The minimum Gasteiger partial charge on any atom is -0.781 e. The van der Waals surface area contributed by atoms with Crippen LogP contribution in [0.3, 0.4) is 0 Å². The summed E-state index contributed by atoms with van der Waals surface area (Å²) in [5.74, 6) is 0. The summed E-state index contributed by atoms with van der Waals surface area (Å²) in [6, 6.07) is 9.52. The third-order valence-corrected chi connectivity index (χ3v) is 2.53. The summed E-state index contributed by atoms with van der Waals surface area (Å²) in [5, 5.41) is 8.54. The van der Waals surface area contributed by atoms with E-state index in [-0.39, 0.29) is 33.9 Å². The maximum Gasteiger partial charge on any atom is 2.00 e. The van der Waals surface area contributed by atoms with Gasteiger partial charge in [-0.1, -0.05) is 30.3 Å². The molecule has 0 aliphatic rings. The van der Waals surface area contributed by atoms with E-state index in [1.165, 1.54) is 0 Å². The Balaban J connectivity index is 0. The van der Waals surface area contributed by atoms with Gasteiger partial charge in [0.15, 0.2) is 0 Å². The largest absolute Gasteiger partial charge is 2.00 e. The Morgan fingerprint density at radius 3 is 1.75 bits per heavy atom. The summed E-state index contributed by atoms with van der Waals surface area (Å²) < 4.78 is 21.8. The van der Waals surface area contributed by atoms with E-state index in [4.69, 9.17) is 5.11 Å². The molecule has 0 aromatic heterocycles. The molecule has 0 saturated carbocycles. The van der Waals surface area contributed by atoms with Crippen LogP contribution in [-0.4, -0.2) is 5.11 Å². The molecule has 0 radical (unpaired) electrons. The fourth-order valence-electron chi connectivity index (χ4n) is 0.651. The normalized spacial score (nSPS) is 12.7. The molecule has 9 heteroatoms. The predicted octanol–water partition coefficient (Wildman–Crippen LogP) is -0.321. The molecule has 1 rings (SSSR count). The molecular weight excluding hydrogens is 354 g/mol. The van der Waals surface area contributed by atoms with Gasteiger partial charge in [0.2, 0.25) is 0 Å². The van der Waals surface area contributed by atoms with Crippen molar-refractivity contribution < 1.29 is 55.6 Å². The van der Waals surface area contributed by atoms with E-state index in [2.05, 4.69) is 4.31 Å². The zero-order valence-electron chi connectivity index (χ0n) is 8.29. The van der Waals surface area contributed by atoms with Crippen LogP contribution in [0, 0.1) is 0 Å². The summed E-state index contributed by atoms with van der Waals surface area (Å²) in [5.41, 5.74) is 0.965. The van der Waals surface area contributed by atoms with Crippen molar-refractivity contribution in [3.63, 3.8) is 0 Å². The standard InChI is InChI=1S/C7H8O.Cd.H4O5P2/c8-6-7-4-2-1-3-5-7;;1-6(2)5-7(3)4/h1-5,8H,6H2;;6-7H,(H,1,2)(H,3,4)/q;+2;/p-2. The van der Waals surface area contributed by atoms with Crippen LogP contribution < -0.4 is 9.79 Å². The van der Waals surface area contributed by atoms with Gasteiger partial charge in [0, 0.05) is 0 Å². The smallest absolute Gasteiger partial charge is 0.781 e. The third kappa shape index (κ3) is 12.5. The topological polar surface area (TPSA) is 110 Å². The number of rotatable bonds is 3. The first kappa shape index (κ1) is 18.8. The van der Waals surface area contributed by atoms with Crippen LogP contribution >= 0.6 is 16.5 Å². The first-order valence-corrected chi connectivity index (χ1v) is 6.25. The average Bonchev–Trinajstić information content (AvgIpc) is 2.18. The van der Waals surface area contributed by atoms with E-state index in [1.54, 1.807) is 0 Å². The molecule has 0 saturated heterocycles. The Bertz CT molecular complexity index is 308. The summed E-state index contributed by atoms with van der Waals surface area (Å²) in [7, 11) is -7.03. The zero-order chi connectivity index (χ0) is 11.7. The summed E-state index contributed by atoms with van der Waals surface area (Å²) in [6.07, 6.45) is 0. The molecule has 0 fully saturated rings. The summed E-state index contributed by atoms with van der Waals surface area (Å²) in [6.45, 7) is 0.140. The SMILES string of the molecule is O=[PH]([O-])O[PH](=O)[O-].OCc1ccccc1.[Cd+2]. The third-order valence-electron chi connectivity index (χ3n) is 1.19. The molecule has 6 nitrogen and oxygen atoms in total. The first-order valence-electron chi connectivity index (χ1n) is 3.81. The van der Waals surface area contributed by atoms with Crippen molar-refractivity contribution >= 4 is 16.5 Å². The average molecular weight is 365 g/mol. The minimum absolute atomic E-state index is 0. The fourth-order valence-corrected chi connectivity index (χ4v) is 1.20. The Morgan fingerprint density at radius 2 is 1.56 bits per heavy atom. The Hall–Kier alpha value is 0.442. The molecule has 1 aromatic carbocycles.